The third-order valence-electron chi connectivity index (χ3n) is 2.94. The van der Waals surface area contributed by atoms with Gasteiger partial charge in [-0.2, -0.15) is 0 Å². The van der Waals surface area contributed by atoms with Crippen LogP contribution in [0.4, 0.5) is 0 Å². The molecule has 0 bridgehead atoms. The zero-order valence-corrected chi connectivity index (χ0v) is 13.2. The van der Waals surface area contributed by atoms with E-state index in [4.69, 9.17) is 9.47 Å². The van der Waals surface area contributed by atoms with Crippen LogP contribution in [0, 0.1) is 0 Å². The Hall–Kier alpha value is -1.78. The second-order valence-corrected chi connectivity index (χ2v) is 4.38. The van der Waals surface area contributed by atoms with Crippen molar-refractivity contribution < 1.29 is 9.47 Å². The molecule has 1 aromatic heterocycles. The van der Waals surface area contributed by atoms with Crippen LogP contribution in [-0.2, 0) is 13.1 Å². The lowest BCUT2D eigenvalue weighted by atomic mass is 10.2. The lowest BCUT2D eigenvalue weighted by molar-refractivity contribution is 0.310. The van der Waals surface area contributed by atoms with E-state index in [1.165, 1.54) is 11.1 Å². The zero-order valence-electron chi connectivity index (χ0n) is 12.3. The van der Waals surface area contributed by atoms with Crippen molar-refractivity contribution in [3.8, 4) is 11.5 Å². The quantitative estimate of drug-likeness (QED) is 0.853. The minimum atomic E-state index is 0. The highest BCUT2D eigenvalue weighted by molar-refractivity contribution is 5.85. The van der Waals surface area contributed by atoms with Crippen molar-refractivity contribution >= 4 is 12.4 Å². The van der Waals surface area contributed by atoms with Crippen LogP contribution in [-0.4, -0.2) is 18.7 Å². The summed E-state index contributed by atoms with van der Waals surface area (Å²) in [4.78, 5) is 4.00. The maximum atomic E-state index is 5.50. The summed E-state index contributed by atoms with van der Waals surface area (Å²) in [7, 11) is 1.66. The van der Waals surface area contributed by atoms with Crippen molar-refractivity contribution in [2.24, 2.45) is 0 Å². The molecule has 0 atom stereocenters. The molecule has 0 spiro atoms. The van der Waals surface area contributed by atoms with E-state index in [0.29, 0.717) is 6.61 Å². The molecule has 0 saturated heterocycles. The zero-order chi connectivity index (χ0) is 14.2. The van der Waals surface area contributed by atoms with Crippen molar-refractivity contribution in [2.75, 3.05) is 13.7 Å². The molecule has 2 rings (SSSR count). The summed E-state index contributed by atoms with van der Waals surface area (Å²) in [5.41, 5.74) is 2.39. The molecule has 114 valence electrons. The molecule has 0 fully saturated rings. The highest BCUT2D eigenvalue weighted by atomic mass is 35.5. The molecule has 0 radical (unpaired) electrons. The molecule has 1 aromatic carbocycles. The summed E-state index contributed by atoms with van der Waals surface area (Å²) >= 11 is 0. The number of aromatic nitrogens is 1. The van der Waals surface area contributed by atoms with Gasteiger partial charge in [-0.05, 0) is 42.3 Å². The third-order valence-corrected chi connectivity index (χ3v) is 2.94. The van der Waals surface area contributed by atoms with Gasteiger partial charge in [0.05, 0.1) is 13.7 Å². The van der Waals surface area contributed by atoms with Crippen molar-refractivity contribution in [1.29, 1.82) is 0 Å². The first-order chi connectivity index (χ1) is 9.83. The summed E-state index contributed by atoms with van der Waals surface area (Å²) in [6.07, 6.45) is 3.61. The summed E-state index contributed by atoms with van der Waals surface area (Å²) in [5, 5.41) is 3.40. The topological polar surface area (TPSA) is 43.4 Å². The Morgan fingerprint density at radius 1 is 1.00 bits per heavy atom. The second kappa shape index (κ2) is 9.21. The first-order valence-corrected chi connectivity index (χ1v) is 6.72. The van der Waals surface area contributed by atoms with E-state index in [1.807, 2.05) is 37.3 Å². The minimum Gasteiger partial charge on any atom is -0.493 e. The summed E-state index contributed by atoms with van der Waals surface area (Å²) in [6.45, 7) is 4.20. The Morgan fingerprint density at radius 2 is 1.71 bits per heavy atom. The largest absolute Gasteiger partial charge is 0.493 e. The predicted octanol–water partition coefficient (Wildman–Crippen LogP) is 3.20. The Balaban J connectivity index is 0.00000220. The molecule has 4 nitrogen and oxygen atoms in total. The van der Waals surface area contributed by atoms with Gasteiger partial charge in [0.2, 0.25) is 0 Å². The highest BCUT2D eigenvalue weighted by Crippen LogP contribution is 2.27. The van der Waals surface area contributed by atoms with E-state index < -0.39 is 0 Å². The van der Waals surface area contributed by atoms with Gasteiger partial charge in [-0.15, -0.1) is 12.4 Å². The fraction of sp³-hybridized carbons (Fsp3) is 0.312. The molecule has 1 heterocycles. The molecule has 1 N–H and O–H groups in total. The number of nitrogens with one attached hydrogen (secondary N) is 1. The van der Waals surface area contributed by atoms with E-state index in [-0.39, 0.29) is 12.4 Å². The van der Waals surface area contributed by atoms with Crippen molar-refractivity contribution in [1.82, 2.24) is 10.3 Å². The normalized spacial score (nSPS) is 9.81. The van der Waals surface area contributed by atoms with Crippen LogP contribution in [0.5, 0.6) is 11.5 Å². The molecular weight excluding hydrogens is 288 g/mol. The van der Waals surface area contributed by atoms with Crippen molar-refractivity contribution in [3.05, 3.63) is 53.9 Å². The van der Waals surface area contributed by atoms with Crippen LogP contribution in [0.3, 0.4) is 0 Å². The number of hydrogen-bond acceptors (Lipinski definition) is 4. The first kappa shape index (κ1) is 17.3. The third kappa shape index (κ3) is 5.25. The fourth-order valence-electron chi connectivity index (χ4n) is 1.95. The molecule has 0 saturated carbocycles. The van der Waals surface area contributed by atoms with E-state index in [9.17, 15) is 0 Å². The number of rotatable bonds is 7. The van der Waals surface area contributed by atoms with Gasteiger partial charge in [-0.25, -0.2) is 0 Å². The molecule has 2 aromatic rings. The summed E-state index contributed by atoms with van der Waals surface area (Å²) < 4.78 is 10.8. The van der Waals surface area contributed by atoms with Crippen molar-refractivity contribution in [3.63, 3.8) is 0 Å². The van der Waals surface area contributed by atoms with Gasteiger partial charge in [0.25, 0.3) is 0 Å². The second-order valence-electron chi connectivity index (χ2n) is 4.38. The van der Waals surface area contributed by atoms with Crippen LogP contribution in [0.25, 0.3) is 0 Å². The maximum absolute atomic E-state index is 5.50. The molecule has 0 amide bonds. The van der Waals surface area contributed by atoms with E-state index in [1.54, 1.807) is 19.5 Å². The number of ether oxygens (including phenoxy) is 2. The Kier molecular flexibility index (Phi) is 7.58. The SMILES string of the molecule is CCOc1ccc(CNCc2ccncc2)cc1OC.Cl. The lowest BCUT2D eigenvalue weighted by Gasteiger charge is -2.11. The van der Waals surface area contributed by atoms with E-state index >= 15 is 0 Å². The van der Waals surface area contributed by atoms with Gasteiger partial charge in [0.1, 0.15) is 0 Å². The smallest absolute Gasteiger partial charge is 0.161 e. The fourth-order valence-corrected chi connectivity index (χ4v) is 1.95. The average Bonchev–Trinajstić information content (AvgIpc) is 2.50. The lowest BCUT2D eigenvalue weighted by Crippen LogP contribution is -2.12. The molecule has 0 aliphatic carbocycles. The number of pyridine rings is 1. The predicted molar refractivity (Wildman–Crippen MR) is 86.2 cm³/mol. The highest BCUT2D eigenvalue weighted by Gasteiger charge is 2.05. The van der Waals surface area contributed by atoms with Crippen LogP contribution in [0.15, 0.2) is 42.7 Å². The minimum absolute atomic E-state index is 0. The van der Waals surface area contributed by atoms with Gasteiger partial charge in [-0.3, -0.25) is 4.98 Å². The number of hydrogen-bond donors (Lipinski definition) is 1. The first-order valence-electron chi connectivity index (χ1n) is 6.72. The average molecular weight is 309 g/mol. The summed E-state index contributed by atoms with van der Waals surface area (Å²) in [6, 6.07) is 10.0. The number of nitrogens with zero attached hydrogens (tertiary/aromatic N) is 1. The Bertz CT molecular complexity index is 535. The molecule has 21 heavy (non-hydrogen) atoms. The molecular formula is C16H21ClN2O2. The Labute approximate surface area is 131 Å². The molecule has 0 aliphatic rings. The van der Waals surface area contributed by atoms with E-state index in [2.05, 4.69) is 10.3 Å². The van der Waals surface area contributed by atoms with Crippen LogP contribution in [0.2, 0.25) is 0 Å². The number of methoxy groups -OCH3 is 1. The number of halogens is 1. The van der Waals surface area contributed by atoms with Crippen molar-refractivity contribution in [2.45, 2.75) is 20.0 Å². The Morgan fingerprint density at radius 3 is 2.38 bits per heavy atom. The van der Waals surface area contributed by atoms with Gasteiger partial charge >= 0.3 is 0 Å². The molecule has 5 heteroatoms. The molecule has 0 aliphatic heterocycles. The standard InChI is InChI=1S/C16H20N2O2.ClH/c1-3-20-15-5-4-14(10-16(15)19-2)12-18-11-13-6-8-17-9-7-13;/h4-10,18H,3,11-12H2,1-2H3;1H. The number of benzene rings is 1. The van der Waals surface area contributed by atoms with Gasteiger partial charge in [0.15, 0.2) is 11.5 Å². The van der Waals surface area contributed by atoms with Gasteiger partial charge in [0, 0.05) is 25.5 Å². The monoisotopic (exact) mass is 308 g/mol. The summed E-state index contributed by atoms with van der Waals surface area (Å²) in [5.74, 6) is 1.56. The van der Waals surface area contributed by atoms with Crippen LogP contribution < -0.4 is 14.8 Å². The van der Waals surface area contributed by atoms with E-state index in [0.717, 1.165) is 24.6 Å². The molecule has 0 unspecified atom stereocenters. The van der Waals surface area contributed by atoms with Crippen LogP contribution >= 0.6 is 12.4 Å². The van der Waals surface area contributed by atoms with Gasteiger partial charge < -0.3 is 14.8 Å². The van der Waals surface area contributed by atoms with Gasteiger partial charge in [-0.1, -0.05) is 6.07 Å². The van der Waals surface area contributed by atoms with Crippen LogP contribution in [0.1, 0.15) is 18.1 Å². The maximum Gasteiger partial charge on any atom is 0.161 e.